The normalized spacial score (nSPS) is 30.6. The molecular formula is C7H10N2S. The Bertz CT molecular complexity index is 221. The van der Waals surface area contributed by atoms with Crippen LogP contribution < -0.4 is 0 Å². The van der Waals surface area contributed by atoms with Gasteiger partial charge in [0.05, 0.1) is 23.1 Å². The Morgan fingerprint density at radius 1 is 1.20 bits per heavy atom. The summed E-state index contributed by atoms with van der Waals surface area (Å²) in [4.78, 5) is 0. The molecule has 2 atom stereocenters. The lowest BCUT2D eigenvalue weighted by molar-refractivity contribution is 0.650. The number of rotatable bonds is 0. The van der Waals surface area contributed by atoms with Gasteiger partial charge in [0.15, 0.2) is 0 Å². The second kappa shape index (κ2) is 2.02. The van der Waals surface area contributed by atoms with E-state index in [1.807, 2.05) is 0 Å². The van der Waals surface area contributed by atoms with E-state index in [-0.39, 0.29) is 0 Å². The fourth-order valence-corrected chi connectivity index (χ4v) is 2.40. The zero-order chi connectivity index (χ0) is 7.14. The molecule has 54 valence electrons. The summed E-state index contributed by atoms with van der Waals surface area (Å²) in [6, 6.07) is 0. The highest BCUT2D eigenvalue weighted by molar-refractivity contribution is 6.99. The SMILES string of the molecule is C[C@@H]1C[C@H](C)c2nsnc21. The van der Waals surface area contributed by atoms with Gasteiger partial charge in [0.2, 0.25) is 0 Å². The zero-order valence-electron chi connectivity index (χ0n) is 6.16. The van der Waals surface area contributed by atoms with Crippen LogP contribution in [-0.2, 0) is 0 Å². The quantitative estimate of drug-likeness (QED) is 0.572. The van der Waals surface area contributed by atoms with Crippen molar-refractivity contribution in [3.05, 3.63) is 11.4 Å². The van der Waals surface area contributed by atoms with Crippen molar-refractivity contribution in [2.45, 2.75) is 32.1 Å². The summed E-state index contributed by atoms with van der Waals surface area (Å²) >= 11 is 1.35. The lowest BCUT2D eigenvalue weighted by Gasteiger charge is -1.98. The average Bonchev–Trinajstić information content (AvgIpc) is 2.39. The van der Waals surface area contributed by atoms with Gasteiger partial charge in [0.25, 0.3) is 0 Å². The maximum Gasteiger partial charge on any atom is 0.0806 e. The smallest absolute Gasteiger partial charge is 0.0806 e. The van der Waals surface area contributed by atoms with Crippen molar-refractivity contribution in [1.29, 1.82) is 0 Å². The standard InChI is InChI=1S/C7H10N2S/c1-4-3-5(2)7-6(4)8-10-9-7/h4-5H,3H2,1-2H3/t4-,5+. The molecule has 0 aromatic carbocycles. The third-order valence-corrected chi connectivity index (χ3v) is 2.74. The highest BCUT2D eigenvalue weighted by Crippen LogP contribution is 2.39. The highest BCUT2D eigenvalue weighted by atomic mass is 32.1. The predicted octanol–water partition coefficient (Wildman–Crippen LogP) is 2.15. The van der Waals surface area contributed by atoms with E-state index in [1.54, 1.807) is 0 Å². The molecule has 0 saturated carbocycles. The largest absolute Gasteiger partial charge is 0.178 e. The Labute approximate surface area is 64.6 Å². The molecule has 2 nitrogen and oxygen atoms in total. The van der Waals surface area contributed by atoms with Crippen LogP contribution in [0.1, 0.15) is 43.5 Å². The van der Waals surface area contributed by atoms with Crippen molar-refractivity contribution in [2.75, 3.05) is 0 Å². The fourth-order valence-electron chi connectivity index (χ4n) is 1.64. The fraction of sp³-hybridized carbons (Fsp3) is 0.714. The molecule has 1 aromatic heterocycles. The number of hydrogen-bond donors (Lipinski definition) is 0. The summed E-state index contributed by atoms with van der Waals surface area (Å²) in [6.07, 6.45) is 1.23. The topological polar surface area (TPSA) is 25.8 Å². The summed E-state index contributed by atoms with van der Waals surface area (Å²) in [5.41, 5.74) is 2.50. The van der Waals surface area contributed by atoms with Crippen molar-refractivity contribution in [3.63, 3.8) is 0 Å². The van der Waals surface area contributed by atoms with Gasteiger partial charge in [-0.2, -0.15) is 8.75 Å². The average molecular weight is 154 g/mol. The minimum absolute atomic E-state index is 0.642. The second-order valence-electron chi connectivity index (χ2n) is 3.07. The number of fused-ring (bicyclic) bond motifs is 1. The molecule has 1 aliphatic rings. The highest BCUT2D eigenvalue weighted by Gasteiger charge is 2.28. The van der Waals surface area contributed by atoms with E-state index in [1.165, 1.54) is 29.5 Å². The Morgan fingerprint density at radius 2 is 1.70 bits per heavy atom. The predicted molar refractivity (Wildman–Crippen MR) is 41.4 cm³/mol. The minimum Gasteiger partial charge on any atom is -0.178 e. The summed E-state index contributed by atoms with van der Waals surface area (Å²) in [5, 5.41) is 0. The van der Waals surface area contributed by atoms with Crippen LogP contribution in [0.2, 0.25) is 0 Å². The van der Waals surface area contributed by atoms with E-state index >= 15 is 0 Å². The van der Waals surface area contributed by atoms with E-state index in [2.05, 4.69) is 22.6 Å². The van der Waals surface area contributed by atoms with Gasteiger partial charge in [0.1, 0.15) is 0 Å². The van der Waals surface area contributed by atoms with Crippen LogP contribution in [0.3, 0.4) is 0 Å². The van der Waals surface area contributed by atoms with Gasteiger partial charge in [-0.3, -0.25) is 0 Å². The van der Waals surface area contributed by atoms with Crippen LogP contribution in [0.25, 0.3) is 0 Å². The van der Waals surface area contributed by atoms with Crippen LogP contribution in [0.15, 0.2) is 0 Å². The molecule has 3 heteroatoms. The van der Waals surface area contributed by atoms with E-state index in [0.717, 1.165) is 0 Å². The molecule has 1 heterocycles. The van der Waals surface area contributed by atoms with E-state index in [4.69, 9.17) is 0 Å². The molecule has 10 heavy (non-hydrogen) atoms. The van der Waals surface area contributed by atoms with Crippen LogP contribution >= 0.6 is 11.7 Å². The first-order valence-electron chi connectivity index (χ1n) is 3.61. The van der Waals surface area contributed by atoms with Gasteiger partial charge < -0.3 is 0 Å². The molecule has 0 radical (unpaired) electrons. The molecule has 0 fully saturated rings. The maximum absolute atomic E-state index is 4.26. The first-order chi connectivity index (χ1) is 4.79. The summed E-state index contributed by atoms with van der Waals surface area (Å²) < 4.78 is 8.52. The van der Waals surface area contributed by atoms with Crippen LogP contribution in [0, 0.1) is 0 Å². The van der Waals surface area contributed by atoms with Gasteiger partial charge in [-0.25, -0.2) is 0 Å². The van der Waals surface area contributed by atoms with E-state index in [0.29, 0.717) is 11.8 Å². The Morgan fingerprint density at radius 3 is 2.20 bits per heavy atom. The Hall–Kier alpha value is -0.440. The van der Waals surface area contributed by atoms with E-state index < -0.39 is 0 Å². The first kappa shape index (κ1) is 6.28. The summed E-state index contributed by atoms with van der Waals surface area (Å²) in [5.74, 6) is 1.28. The molecule has 1 aromatic rings. The number of nitrogens with zero attached hydrogens (tertiary/aromatic N) is 2. The van der Waals surface area contributed by atoms with Gasteiger partial charge in [0, 0.05) is 11.8 Å². The van der Waals surface area contributed by atoms with Crippen LogP contribution in [0.4, 0.5) is 0 Å². The minimum atomic E-state index is 0.642. The lowest BCUT2D eigenvalue weighted by Crippen LogP contribution is -1.85. The second-order valence-corrected chi connectivity index (χ2v) is 3.60. The molecular weight excluding hydrogens is 144 g/mol. The van der Waals surface area contributed by atoms with Crippen molar-refractivity contribution in [1.82, 2.24) is 8.75 Å². The van der Waals surface area contributed by atoms with Crippen molar-refractivity contribution in [3.8, 4) is 0 Å². The van der Waals surface area contributed by atoms with Crippen molar-refractivity contribution in [2.24, 2.45) is 0 Å². The Kier molecular flexibility index (Phi) is 1.27. The summed E-state index contributed by atoms with van der Waals surface area (Å²) in [6.45, 7) is 4.45. The zero-order valence-corrected chi connectivity index (χ0v) is 6.98. The van der Waals surface area contributed by atoms with Gasteiger partial charge in [-0.05, 0) is 6.42 Å². The molecule has 0 bridgehead atoms. The van der Waals surface area contributed by atoms with Crippen molar-refractivity contribution >= 4 is 11.7 Å². The monoisotopic (exact) mass is 154 g/mol. The molecule has 0 unspecified atom stereocenters. The number of aromatic nitrogens is 2. The molecule has 2 rings (SSSR count). The van der Waals surface area contributed by atoms with Gasteiger partial charge in [-0.1, -0.05) is 13.8 Å². The molecule has 0 aliphatic heterocycles. The van der Waals surface area contributed by atoms with Crippen LogP contribution in [0.5, 0.6) is 0 Å². The third kappa shape index (κ3) is 0.700. The molecule has 0 spiro atoms. The van der Waals surface area contributed by atoms with Crippen LogP contribution in [-0.4, -0.2) is 8.75 Å². The lowest BCUT2D eigenvalue weighted by atomic mass is 10.1. The molecule has 0 amide bonds. The Balaban J connectivity index is 2.48. The molecule has 1 aliphatic carbocycles. The molecule has 0 saturated heterocycles. The van der Waals surface area contributed by atoms with Gasteiger partial charge >= 0.3 is 0 Å². The summed E-state index contributed by atoms with van der Waals surface area (Å²) in [7, 11) is 0. The third-order valence-electron chi connectivity index (χ3n) is 2.18. The maximum atomic E-state index is 4.26. The van der Waals surface area contributed by atoms with E-state index in [9.17, 15) is 0 Å². The first-order valence-corrected chi connectivity index (χ1v) is 4.34. The molecule has 0 N–H and O–H groups in total. The van der Waals surface area contributed by atoms with Gasteiger partial charge in [-0.15, -0.1) is 0 Å². The number of hydrogen-bond acceptors (Lipinski definition) is 3. The van der Waals surface area contributed by atoms with Crippen molar-refractivity contribution < 1.29 is 0 Å².